The van der Waals surface area contributed by atoms with Crippen molar-refractivity contribution in [3.05, 3.63) is 226 Å². The van der Waals surface area contributed by atoms with Crippen molar-refractivity contribution in [3.8, 4) is 0 Å². The summed E-state index contributed by atoms with van der Waals surface area (Å²) in [4.78, 5) is 25.1. The van der Waals surface area contributed by atoms with E-state index in [9.17, 15) is 4.79 Å². The van der Waals surface area contributed by atoms with Crippen LogP contribution < -0.4 is 5.73 Å². The quantitative estimate of drug-likeness (QED) is 0.0635. The van der Waals surface area contributed by atoms with Gasteiger partial charge in [-0.05, 0) is 28.3 Å². The summed E-state index contributed by atoms with van der Waals surface area (Å²) < 4.78 is 0. The van der Waals surface area contributed by atoms with E-state index in [4.69, 9.17) is 27.2 Å². The molecule has 1 heterocycles. The average molecular weight is 690 g/mol. The first-order valence-corrected chi connectivity index (χ1v) is 17.3. The van der Waals surface area contributed by atoms with Gasteiger partial charge in [-0.15, -0.1) is 0 Å². The van der Waals surface area contributed by atoms with Crippen molar-refractivity contribution >= 4 is 38.9 Å². The Morgan fingerprint density at radius 3 is 1.20 bits per heavy atom. The average Bonchev–Trinajstić information content (AvgIpc) is 3.56. The lowest BCUT2D eigenvalue weighted by Crippen LogP contribution is -2.32. The number of nitrogen functional groups attached to an aromatic ring is 1. The highest BCUT2D eigenvalue weighted by molar-refractivity contribution is 7.16. The van der Waals surface area contributed by atoms with Gasteiger partial charge in [-0.2, -0.15) is 0 Å². The van der Waals surface area contributed by atoms with Gasteiger partial charge in [-0.25, -0.2) is 4.98 Å². The molecule has 6 aromatic carbocycles. The van der Waals surface area contributed by atoms with Crippen LogP contribution >= 0.6 is 22.9 Å². The molecule has 0 fully saturated rings. The van der Waals surface area contributed by atoms with Crippen molar-refractivity contribution in [3.63, 3.8) is 0 Å². The minimum Gasteiger partial charge on any atom is -0.389 e. The molecule has 7 heteroatoms. The molecule has 0 spiro atoms. The number of rotatable bonds is 11. The number of aromatic nitrogens is 1. The van der Waals surface area contributed by atoms with E-state index in [2.05, 4.69) is 41.6 Å². The summed E-state index contributed by atoms with van der Waals surface area (Å²) in [6, 6.07) is 59.8. The molecule has 0 saturated carbocycles. The fraction of sp³-hybridized carbons (Fsp3) is 0.0465. The van der Waals surface area contributed by atoms with Gasteiger partial charge in [-0.3, -0.25) is 4.79 Å². The predicted octanol–water partition coefficient (Wildman–Crippen LogP) is 9.59. The molecule has 50 heavy (non-hydrogen) atoms. The van der Waals surface area contributed by atoms with E-state index in [-0.39, 0.29) is 16.4 Å². The second-order valence-corrected chi connectivity index (χ2v) is 13.0. The zero-order chi connectivity index (χ0) is 34.4. The molecule has 0 aliphatic heterocycles. The predicted molar refractivity (Wildman–Crippen MR) is 203 cm³/mol. The number of halogens is 1. The Labute approximate surface area is 300 Å². The molecule has 1 aromatic heterocycles. The van der Waals surface area contributed by atoms with E-state index < -0.39 is 16.3 Å². The third kappa shape index (κ3) is 5.89. The second kappa shape index (κ2) is 14.3. The van der Waals surface area contributed by atoms with Gasteiger partial charge in [0.25, 0.3) is 5.24 Å². The maximum absolute atomic E-state index is 13.4. The molecule has 0 atom stereocenters. The van der Waals surface area contributed by atoms with E-state index in [1.54, 1.807) is 0 Å². The van der Waals surface area contributed by atoms with Crippen LogP contribution in [-0.4, -0.2) is 15.9 Å². The normalized spacial score (nSPS) is 12.0. The zero-order valence-corrected chi connectivity index (χ0v) is 28.5. The van der Waals surface area contributed by atoms with Crippen molar-refractivity contribution in [1.29, 1.82) is 0 Å². The van der Waals surface area contributed by atoms with Gasteiger partial charge in [0.15, 0.2) is 5.71 Å². The van der Waals surface area contributed by atoms with E-state index in [1.165, 1.54) is 11.3 Å². The largest absolute Gasteiger partial charge is 0.389 e. The lowest BCUT2D eigenvalue weighted by Gasteiger charge is -2.34. The van der Waals surface area contributed by atoms with Gasteiger partial charge in [0, 0.05) is 16.7 Å². The highest BCUT2D eigenvalue weighted by Gasteiger charge is 2.43. The number of carbonyl (C=O) groups excluding carboxylic acids is 1. The highest BCUT2D eigenvalue weighted by Crippen LogP contribution is 2.48. The van der Waals surface area contributed by atoms with Crippen molar-refractivity contribution in [2.24, 2.45) is 5.16 Å². The Hall–Kier alpha value is -5.82. The van der Waals surface area contributed by atoms with Crippen LogP contribution in [-0.2, 0) is 20.6 Å². The van der Waals surface area contributed by atoms with Crippen LogP contribution in [0.4, 0.5) is 5.00 Å². The summed E-state index contributed by atoms with van der Waals surface area (Å²) in [5, 5.41) is 4.66. The van der Waals surface area contributed by atoms with Gasteiger partial charge in [0.2, 0.25) is 5.60 Å². The fourth-order valence-corrected chi connectivity index (χ4v) is 7.77. The van der Waals surface area contributed by atoms with Crippen molar-refractivity contribution in [2.75, 3.05) is 5.73 Å². The maximum atomic E-state index is 13.4. The molecule has 7 aromatic rings. The smallest absolute Gasteiger partial charge is 0.276 e. The lowest BCUT2D eigenvalue weighted by atomic mass is 9.70. The molecule has 0 amide bonds. The monoisotopic (exact) mass is 689 g/mol. The van der Waals surface area contributed by atoms with Crippen LogP contribution in [0.1, 0.15) is 44.1 Å². The summed E-state index contributed by atoms with van der Waals surface area (Å²) >= 11 is 7.64. The van der Waals surface area contributed by atoms with Crippen LogP contribution in [0.15, 0.2) is 187 Å². The maximum Gasteiger partial charge on any atom is 0.276 e. The first-order valence-electron chi connectivity index (χ1n) is 16.1. The molecule has 0 unspecified atom stereocenters. The van der Waals surface area contributed by atoms with E-state index in [1.807, 2.05) is 146 Å². The summed E-state index contributed by atoms with van der Waals surface area (Å²) in [5.74, 6) is 0. The standard InChI is InChI=1S/C43H32ClN3O2S/c44-39(48)37(47-49-43(34-25-13-4-14-26-34,35-27-15-5-16-28-35)36-29-17-6-18-30-36)38-40(45)50-41(46-38)42(31-19-7-1-8-20-31,32-21-9-2-10-22-32)33-23-11-3-12-24-33/h1-30H,45H2/b47-37-. The van der Waals surface area contributed by atoms with E-state index in [0.717, 1.165) is 33.4 Å². The molecule has 0 saturated heterocycles. The number of thiazole rings is 1. The van der Waals surface area contributed by atoms with Crippen molar-refractivity contribution in [1.82, 2.24) is 4.98 Å². The second-order valence-electron chi connectivity index (χ2n) is 11.7. The molecule has 0 bridgehead atoms. The van der Waals surface area contributed by atoms with E-state index in [0.29, 0.717) is 5.01 Å². The van der Waals surface area contributed by atoms with Crippen LogP contribution in [0, 0.1) is 0 Å². The molecule has 5 nitrogen and oxygen atoms in total. The van der Waals surface area contributed by atoms with Gasteiger partial charge in [0.1, 0.15) is 15.7 Å². The number of oxime groups is 1. The molecule has 0 aliphatic carbocycles. The SMILES string of the molecule is Nc1sc(C(c2ccccc2)(c2ccccc2)c2ccccc2)nc1/C(=N/OC(c1ccccc1)(c1ccccc1)c1ccccc1)C(=O)Cl. The Balaban J connectivity index is 1.45. The third-order valence-corrected chi connectivity index (χ3v) is 10.0. The summed E-state index contributed by atoms with van der Waals surface area (Å²) in [7, 11) is 0. The van der Waals surface area contributed by atoms with Gasteiger partial charge < -0.3 is 10.6 Å². The Morgan fingerprint density at radius 1 is 0.560 bits per heavy atom. The van der Waals surface area contributed by atoms with Gasteiger partial charge >= 0.3 is 0 Å². The van der Waals surface area contributed by atoms with Crippen LogP contribution in [0.5, 0.6) is 0 Å². The molecular weight excluding hydrogens is 658 g/mol. The van der Waals surface area contributed by atoms with Gasteiger partial charge in [-0.1, -0.05) is 198 Å². The molecule has 0 radical (unpaired) electrons. The number of nitrogens with zero attached hydrogens (tertiary/aromatic N) is 2. The molecule has 244 valence electrons. The minimum absolute atomic E-state index is 0.153. The number of nitrogens with two attached hydrogens (primary N) is 1. The van der Waals surface area contributed by atoms with Crippen molar-refractivity contribution < 1.29 is 9.63 Å². The van der Waals surface area contributed by atoms with E-state index >= 15 is 0 Å². The van der Waals surface area contributed by atoms with Crippen LogP contribution in [0.25, 0.3) is 0 Å². The highest BCUT2D eigenvalue weighted by atomic mass is 35.5. The summed E-state index contributed by atoms with van der Waals surface area (Å²) in [6.07, 6.45) is 0. The molecule has 2 N–H and O–H groups in total. The van der Waals surface area contributed by atoms with Crippen LogP contribution in [0.3, 0.4) is 0 Å². The molecule has 0 aliphatic rings. The lowest BCUT2D eigenvalue weighted by molar-refractivity contribution is -0.106. The summed E-state index contributed by atoms with van der Waals surface area (Å²) in [6.45, 7) is 0. The zero-order valence-electron chi connectivity index (χ0n) is 26.9. The number of hydrogen-bond donors (Lipinski definition) is 1. The Kier molecular flexibility index (Phi) is 9.39. The number of benzene rings is 6. The number of hydrogen-bond acceptors (Lipinski definition) is 6. The van der Waals surface area contributed by atoms with Gasteiger partial charge in [0.05, 0.1) is 5.41 Å². The first-order chi connectivity index (χ1) is 24.5. The topological polar surface area (TPSA) is 77.6 Å². The van der Waals surface area contributed by atoms with Crippen molar-refractivity contribution in [2.45, 2.75) is 11.0 Å². The van der Waals surface area contributed by atoms with Crippen LogP contribution in [0.2, 0.25) is 0 Å². The first kappa shape index (κ1) is 32.7. The number of carbonyl (C=O) groups is 1. The Bertz CT molecular complexity index is 2020. The fourth-order valence-electron chi connectivity index (χ4n) is 6.56. The number of anilines is 1. The molecular formula is C43H32ClN3O2S. The Morgan fingerprint density at radius 2 is 0.880 bits per heavy atom. The third-order valence-electron chi connectivity index (χ3n) is 8.82. The summed E-state index contributed by atoms with van der Waals surface area (Å²) in [5.41, 5.74) is 10.0. The minimum atomic E-state index is -1.24. The molecule has 7 rings (SSSR count).